The summed E-state index contributed by atoms with van der Waals surface area (Å²) in [5.74, 6) is 0.683. The summed E-state index contributed by atoms with van der Waals surface area (Å²) in [5.41, 5.74) is 11.3. The molecule has 0 amide bonds. The van der Waals surface area contributed by atoms with E-state index in [1.54, 1.807) is 0 Å². The monoisotopic (exact) mass is 568 g/mol. The van der Waals surface area contributed by atoms with Gasteiger partial charge in [-0.05, 0) is 62.4 Å². The Bertz CT molecular complexity index is 2260. The minimum atomic E-state index is 0.683. The highest BCUT2D eigenvalue weighted by Crippen LogP contribution is 2.39. The first-order valence-corrected chi connectivity index (χ1v) is 14.8. The predicted octanol–water partition coefficient (Wildman–Crippen LogP) is 10.4. The molecule has 212 valence electrons. The third kappa shape index (κ3) is 4.31. The summed E-state index contributed by atoms with van der Waals surface area (Å²) in [4.78, 5) is 10.6. The highest BCUT2D eigenvalue weighted by molar-refractivity contribution is 6.11. The molecule has 0 spiro atoms. The van der Waals surface area contributed by atoms with Gasteiger partial charge in [0.2, 0.25) is 0 Å². The van der Waals surface area contributed by atoms with E-state index in [4.69, 9.17) is 9.97 Å². The SMILES string of the molecule is C=C/C(=C\C=C/C)n1c(C)c(C=C)c2cc(-c3nc(-c4ccccc4)c4c(n3)c3ccccc3n4-c3ccccc3)ccc21. The predicted molar refractivity (Wildman–Crippen MR) is 187 cm³/mol. The minimum Gasteiger partial charge on any atom is -0.313 e. The van der Waals surface area contributed by atoms with E-state index in [1.165, 1.54) is 0 Å². The lowest BCUT2D eigenvalue weighted by Crippen LogP contribution is -2.00. The molecule has 0 unspecified atom stereocenters. The van der Waals surface area contributed by atoms with Gasteiger partial charge in [-0.2, -0.15) is 0 Å². The number of rotatable bonds is 7. The van der Waals surface area contributed by atoms with Crippen LogP contribution in [0.25, 0.3) is 72.9 Å². The van der Waals surface area contributed by atoms with Crippen LogP contribution in [-0.2, 0) is 0 Å². The molecule has 0 aliphatic heterocycles. The maximum absolute atomic E-state index is 5.30. The molecule has 0 atom stereocenters. The van der Waals surface area contributed by atoms with Crippen molar-refractivity contribution in [2.45, 2.75) is 13.8 Å². The molecule has 0 saturated heterocycles. The zero-order valence-corrected chi connectivity index (χ0v) is 24.9. The van der Waals surface area contributed by atoms with Gasteiger partial charge in [0.15, 0.2) is 5.82 Å². The normalized spacial score (nSPS) is 12.1. The molecule has 7 aromatic rings. The van der Waals surface area contributed by atoms with Crippen LogP contribution in [0.2, 0.25) is 0 Å². The average Bonchev–Trinajstić information content (AvgIpc) is 3.56. The first-order chi connectivity index (χ1) is 21.6. The van der Waals surface area contributed by atoms with Crippen LogP contribution in [0.5, 0.6) is 0 Å². The van der Waals surface area contributed by atoms with E-state index in [2.05, 4.69) is 126 Å². The van der Waals surface area contributed by atoms with Crippen molar-refractivity contribution in [3.8, 4) is 28.3 Å². The van der Waals surface area contributed by atoms with Crippen LogP contribution in [0, 0.1) is 6.92 Å². The lowest BCUT2D eigenvalue weighted by Gasteiger charge is -2.12. The Morgan fingerprint density at radius 2 is 1.48 bits per heavy atom. The van der Waals surface area contributed by atoms with Gasteiger partial charge in [-0.25, -0.2) is 9.97 Å². The molecule has 4 nitrogen and oxygen atoms in total. The van der Waals surface area contributed by atoms with Crippen molar-refractivity contribution >= 4 is 44.6 Å². The number of nitrogens with zero attached hydrogens (tertiary/aromatic N) is 4. The van der Waals surface area contributed by atoms with E-state index < -0.39 is 0 Å². The first-order valence-electron chi connectivity index (χ1n) is 14.8. The first kappa shape index (κ1) is 27.1. The Labute approximate surface area is 257 Å². The molecule has 3 heterocycles. The van der Waals surface area contributed by atoms with E-state index in [9.17, 15) is 0 Å². The molecule has 3 aromatic heterocycles. The average molecular weight is 569 g/mol. The quantitative estimate of drug-likeness (QED) is 0.179. The third-order valence-electron chi connectivity index (χ3n) is 8.21. The second-order valence-electron chi connectivity index (χ2n) is 10.7. The molecule has 4 heteroatoms. The maximum Gasteiger partial charge on any atom is 0.160 e. The van der Waals surface area contributed by atoms with Gasteiger partial charge in [0.1, 0.15) is 5.52 Å². The van der Waals surface area contributed by atoms with Crippen LogP contribution in [-0.4, -0.2) is 19.1 Å². The standard InChI is InChI=1S/C40H32N4/c1-5-8-19-30(6-2)43-27(4)32(7-3)34-26-29(24-25-36(34)43)40-41-37(28-17-11-9-12-18-28)39-38(42-40)33-22-15-16-23-35(33)44(39)31-20-13-10-14-21-31/h5-26H,2-3H2,1,4H3/b8-5-,30-19+. The Balaban J connectivity index is 1.54. The second kappa shape index (κ2) is 11.2. The summed E-state index contributed by atoms with van der Waals surface area (Å²) in [6, 6.07) is 35.8. The van der Waals surface area contributed by atoms with E-state index in [1.807, 2.05) is 43.4 Å². The van der Waals surface area contributed by atoms with Crippen molar-refractivity contribution in [1.29, 1.82) is 0 Å². The number of fused-ring (bicyclic) bond motifs is 4. The fraction of sp³-hybridized carbons (Fsp3) is 0.0500. The summed E-state index contributed by atoms with van der Waals surface area (Å²) in [6.45, 7) is 12.4. The summed E-state index contributed by atoms with van der Waals surface area (Å²) in [5, 5.41) is 2.19. The third-order valence-corrected chi connectivity index (χ3v) is 8.21. The minimum absolute atomic E-state index is 0.683. The van der Waals surface area contributed by atoms with Gasteiger partial charge in [-0.3, -0.25) is 0 Å². The van der Waals surface area contributed by atoms with Gasteiger partial charge in [0.05, 0.1) is 22.2 Å². The fourth-order valence-corrected chi connectivity index (χ4v) is 6.22. The Morgan fingerprint density at radius 3 is 2.20 bits per heavy atom. The number of hydrogen-bond donors (Lipinski definition) is 0. The molecule has 7 rings (SSSR count). The highest BCUT2D eigenvalue weighted by atomic mass is 15.0. The molecular weight excluding hydrogens is 536 g/mol. The van der Waals surface area contributed by atoms with Gasteiger partial charge in [-0.15, -0.1) is 0 Å². The zero-order valence-electron chi connectivity index (χ0n) is 24.9. The van der Waals surface area contributed by atoms with E-state index in [0.29, 0.717) is 5.82 Å². The van der Waals surface area contributed by atoms with E-state index >= 15 is 0 Å². The van der Waals surface area contributed by atoms with Crippen LogP contribution in [0.1, 0.15) is 18.2 Å². The summed E-state index contributed by atoms with van der Waals surface area (Å²) in [6.07, 6.45) is 9.94. The number of allylic oxidation sites excluding steroid dienone is 5. The topological polar surface area (TPSA) is 35.6 Å². The smallest absolute Gasteiger partial charge is 0.160 e. The number of benzene rings is 4. The number of para-hydroxylation sites is 2. The maximum atomic E-state index is 5.30. The van der Waals surface area contributed by atoms with Gasteiger partial charge in [0.25, 0.3) is 0 Å². The number of aromatic nitrogens is 4. The molecule has 4 aromatic carbocycles. The van der Waals surface area contributed by atoms with Crippen LogP contribution < -0.4 is 0 Å². The van der Waals surface area contributed by atoms with Gasteiger partial charge in [-0.1, -0.05) is 98.1 Å². The lowest BCUT2D eigenvalue weighted by atomic mass is 10.1. The number of hydrogen-bond acceptors (Lipinski definition) is 2. The Hall–Kier alpha value is -5.74. The largest absolute Gasteiger partial charge is 0.313 e. The van der Waals surface area contributed by atoms with Crippen LogP contribution in [0.3, 0.4) is 0 Å². The molecule has 0 N–H and O–H groups in total. The molecule has 0 fully saturated rings. The van der Waals surface area contributed by atoms with Crippen LogP contribution in [0.15, 0.2) is 141 Å². The fourth-order valence-electron chi connectivity index (χ4n) is 6.22. The summed E-state index contributed by atoms with van der Waals surface area (Å²) in [7, 11) is 0. The Morgan fingerprint density at radius 1 is 0.750 bits per heavy atom. The van der Waals surface area contributed by atoms with Gasteiger partial charge in [0, 0.05) is 44.5 Å². The zero-order chi connectivity index (χ0) is 30.2. The molecule has 0 radical (unpaired) electrons. The van der Waals surface area contributed by atoms with Gasteiger partial charge < -0.3 is 9.13 Å². The van der Waals surface area contributed by atoms with E-state index in [0.717, 1.165) is 72.3 Å². The molecule has 44 heavy (non-hydrogen) atoms. The summed E-state index contributed by atoms with van der Waals surface area (Å²) >= 11 is 0. The van der Waals surface area contributed by atoms with Crippen molar-refractivity contribution in [2.24, 2.45) is 0 Å². The molecule has 0 aliphatic carbocycles. The molecular formula is C40H32N4. The van der Waals surface area contributed by atoms with Crippen molar-refractivity contribution < 1.29 is 0 Å². The molecule has 0 aliphatic rings. The molecule has 0 bridgehead atoms. The summed E-state index contributed by atoms with van der Waals surface area (Å²) < 4.78 is 4.52. The second-order valence-corrected chi connectivity index (χ2v) is 10.7. The van der Waals surface area contributed by atoms with E-state index in [-0.39, 0.29) is 0 Å². The molecule has 0 saturated carbocycles. The van der Waals surface area contributed by atoms with Crippen LogP contribution >= 0.6 is 0 Å². The Kier molecular flexibility index (Phi) is 6.88. The van der Waals surface area contributed by atoms with Gasteiger partial charge >= 0.3 is 0 Å². The van der Waals surface area contributed by atoms with Crippen molar-refractivity contribution in [2.75, 3.05) is 0 Å². The van der Waals surface area contributed by atoms with Crippen LogP contribution in [0.4, 0.5) is 0 Å². The van der Waals surface area contributed by atoms with Crippen molar-refractivity contribution in [1.82, 2.24) is 19.1 Å². The van der Waals surface area contributed by atoms with Crippen molar-refractivity contribution in [3.63, 3.8) is 0 Å². The highest BCUT2D eigenvalue weighted by Gasteiger charge is 2.22. The van der Waals surface area contributed by atoms with Crippen molar-refractivity contribution in [3.05, 3.63) is 152 Å². The lowest BCUT2D eigenvalue weighted by molar-refractivity contribution is 1.09.